The number of aryl methyl sites for hydroxylation is 1. The summed E-state index contributed by atoms with van der Waals surface area (Å²) in [5, 5.41) is 6.31. The number of amides is 1. The third-order valence-corrected chi connectivity index (χ3v) is 2.75. The Morgan fingerprint density at radius 3 is 2.95 bits per heavy atom. The second-order valence-corrected chi connectivity index (χ2v) is 4.53. The van der Waals surface area contributed by atoms with Crippen LogP contribution < -0.4 is 11.1 Å². The van der Waals surface area contributed by atoms with Crippen LogP contribution in [0.25, 0.3) is 0 Å². The smallest absolute Gasteiger partial charge is 0.253 e. The van der Waals surface area contributed by atoms with Gasteiger partial charge in [0.05, 0.1) is 11.3 Å². The molecule has 6 nitrogen and oxygen atoms in total. The molecule has 0 unspecified atom stereocenters. The maximum Gasteiger partial charge on any atom is 0.253 e. The Balaban J connectivity index is 1.98. The molecule has 0 aliphatic carbocycles. The predicted molar refractivity (Wildman–Crippen MR) is 70.9 cm³/mol. The van der Waals surface area contributed by atoms with Gasteiger partial charge in [0, 0.05) is 18.0 Å². The molecule has 0 saturated heterocycles. The molecule has 0 saturated carbocycles. The standard InChI is InChI=1S/C12H12ClFN4O2/c1-6-17-10(20-18-6)2-3-16-12(19)8-4-7(13)5-9(14)11(8)15/h4-5H,2-3,15H2,1H3,(H,16,19). The van der Waals surface area contributed by atoms with Crippen LogP contribution in [0.4, 0.5) is 10.1 Å². The summed E-state index contributed by atoms with van der Waals surface area (Å²) < 4.78 is 18.3. The number of carbonyl (C=O) groups excluding carboxylic acids is 1. The van der Waals surface area contributed by atoms with E-state index in [1.807, 2.05) is 0 Å². The summed E-state index contributed by atoms with van der Waals surface area (Å²) in [6.07, 6.45) is 0.371. The Bertz CT molecular complexity index is 644. The van der Waals surface area contributed by atoms with Crippen molar-refractivity contribution in [3.8, 4) is 0 Å². The van der Waals surface area contributed by atoms with Crippen LogP contribution in [0.3, 0.4) is 0 Å². The van der Waals surface area contributed by atoms with E-state index in [0.717, 1.165) is 6.07 Å². The molecule has 20 heavy (non-hydrogen) atoms. The number of rotatable bonds is 4. The third kappa shape index (κ3) is 3.24. The highest BCUT2D eigenvalue weighted by Gasteiger charge is 2.14. The van der Waals surface area contributed by atoms with Crippen LogP contribution >= 0.6 is 11.6 Å². The highest BCUT2D eigenvalue weighted by atomic mass is 35.5. The fraction of sp³-hybridized carbons (Fsp3) is 0.250. The Hall–Kier alpha value is -2.15. The Morgan fingerprint density at radius 1 is 1.55 bits per heavy atom. The van der Waals surface area contributed by atoms with Gasteiger partial charge in [-0.25, -0.2) is 4.39 Å². The van der Waals surface area contributed by atoms with Gasteiger partial charge < -0.3 is 15.6 Å². The Morgan fingerprint density at radius 2 is 2.30 bits per heavy atom. The van der Waals surface area contributed by atoms with Gasteiger partial charge in [-0.2, -0.15) is 4.98 Å². The largest absolute Gasteiger partial charge is 0.396 e. The predicted octanol–water partition coefficient (Wildman–Crippen LogP) is 1.73. The molecular formula is C12H12ClFN4O2. The number of aromatic nitrogens is 2. The quantitative estimate of drug-likeness (QED) is 0.838. The SMILES string of the molecule is Cc1noc(CCNC(=O)c2cc(Cl)cc(F)c2N)n1. The number of nitrogens with zero attached hydrogens (tertiary/aromatic N) is 2. The van der Waals surface area contributed by atoms with E-state index in [2.05, 4.69) is 15.5 Å². The number of benzene rings is 1. The van der Waals surface area contributed by atoms with Crippen molar-refractivity contribution in [1.29, 1.82) is 0 Å². The average Bonchev–Trinajstić information content (AvgIpc) is 2.79. The molecular weight excluding hydrogens is 287 g/mol. The van der Waals surface area contributed by atoms with E-state index in [-0.39, 0.29) is 22.8 Å². The van der Waals surface area contributed by atoms with Crippen LogP contribution in [0.15, 0.2) is 16.7 Å². The number of halogens is 2. The number of nitrogens with one attached hydrogen (secondary N) is 1. The van der Waals surface area contributed by atoms with Crippen LogP contribution in [-0.2, 0) is 6.42 Å². The number of nitrogen functional groups attached to an aromatic ring is 1. The normalized spacial score (nSPS) is 10.6. The van der Waals surface area contributed by atoms with Crippen molar-refractivity contribution in [2.75, 3.05) is 12.3 Å². The minimum atomic E-state index is -0.727. The van der Waals surface area contributed by atoms with E-state index in [0.29, 0.717) is 18.1 Å². The second-order valence-electron chi connectivity index (χ2n) is 4.09. The van der Waals surface area contributed by atoms with Crippen LogP contribution in [0.5, 0.6) is 0 Å². The summed E-state index contributed by atoms with van der Waals surface area (Å²) in [5.41, 5.74) is 5.26. The van der Waals surface area contributed by atoms with E-state index < -0.39 is 11.7 Å². The molecule has 1 aromatic heterocycles. The molecule has 2 aromatic rings. The molecule has 106 valence electrons. The molecule has 0 spiro atoms. The summed E-state index contributed by atoms with van der Waals surface area (Å²) in [7, 11) is 0. The fourth-order valence-corrected chi connectivity index (χ4v) is 1.80. The summed E-state index contributed by atoms with van der Waals surface area (Å²) in [6.45, 7) is 1.95. The zero-order valence-corrected chi connectivity index (χ0v) is 11.4. The Labute approximate surface area is 119 Å². The molecule has 1 amide bonds. The first kappa shape index (κ1) is 14.3. The number of anilines is 1. The topological polar surface area (TPSA) is 94.0 Å². The summed E-state index contributed by atoms with van der Waals surface area (Å²) in [5.74, 6) is -0.309. The average molecular weight is 299 g/mol. The monoisotopic (exact) mass is 298 g/mol. The summed E-state index contributed by atoms with van der Waals surface area (Å²) in [4.78, 5) is 15.9. The maximum absolute atomic E-state index is 13.4. The lowest BCUT2D eigenvalue weighted by Crippen LogP contribution is -2.26. The maximum atomic E-state index is 13.4. The minimum Gasteiger partial charge on any atom is -0.396 e. The van der Waals surface area contributed by atoms with Crippen molar-refractivity contribution in [2.45, 2.75) is 13.3 Å². The first-order valence-corrected chi connectivity index (χ1v) is 6.17. The van der Waals surface area contributed by atoms with Gasteiger partial charge in [-0.05, 0) is 19.1 Å². The first-order valence-electron chi connectivity index (χ1n) is 5.79. The van der Waals surface area contributed by atoms with E-state index in [1.54, 1.807) is 6.92 Å². The number of carbonyl (C=O) groups is 1. The summed E-state index contributed by atoms with van der Waals surface area (Å²) >= 11 is 5.69. The Kier molecular flexibility index (Phi) is 4.19. The van der Waals surface area contributed by atoms with Crippen molar-refractivity contribution in [2.24, 2.45) is 0 Å². The van der Waals surface area contributed by atoms with Crippen LogP contribution in [0.2, 0.25) is 5.02 Å². The zero-order chi connectivity index (χ0) is 14.7. The van der Waals surface area contributed by atoms with Gasteiger partial charge in [-0.15, -0.1) is 0 Å². The molecule has 8 heteroatoms. The third-order valence-electron chi connectivity index (χ3n) is 2.53. The number of hydrogen-bond acceptors (Lipinski definition) is 5. The molecule has 0 aliphatic rings. The van der Waals surface area contributed by atoms with Crippen LogP contribution in [-0.4, -0.2) is 22.6 Å². The van der Waals surface area contributed by atoms with Gasteiger partial charge in [0.1, 0.15) is 5.82 Å². The lowest BCUT2D eigenvalue weighted by Gasteiger charge is -2.08. The van der Waals surface area contributed by atoms with Crippen molar-refractivity contribution in [1.82, 2.24) is 15.5 Å². The van der Waals surface area contributed by atoms with Crippen molar-refractivity contribution in [3.05, 3.63) is 40.3 Å². The van der Waals surface area contributed by atoms with Gasteiger partial charge in [-0.3, -0.25) is 4.79 Å². The van der Waals surface area contributed by atoms with Gasteiger partial charge in [0.2, 0.25) is 5.89 Å². The fourth-order valence-electron chi connectivity index (χ4n) is 1.59. The van der Waals surface area contributed by atoms with Crippen molar-refractivity contribution < 1.29 is 13.7 Å². The molecule has 3 N–H and O–H groups in total. The van der Waals surface area contributed by atoms with Crippen LogP contribution in [0, 0.1) is 12.7 Å². The van der Waals surface area contributed by atoms with E-state index in [4.69, 9.17) is 21.9 Å². The molecule has 1 aromatic carbocycles. The van der Waals surface area contributed by atoms with Crippen LogP contribution in [0.1, 0.15) is 22.1 Å². The lowest BCUT2D eigenvalue weighted by atomic mass is 10.1. The zero-order valence-electron chi connectivity index (χ0n) is 10.6. The van der Waals surface area contributed by atoms with Crippen molar-refractivity contribution in [3.63, 3.8) is 0 Å². The number of hydrogen-bond donors (Lipinski definition) is 2. The first-order chi connectivity index (χ1) is 9.47. The molecule has 0 aliphatic heterocycles. The van der Waals surface area contributed by atoms with E-state index in [1.165, 1.54) is 6.07 Å². The highest BCUT2D eigenvalue weighted by molar-refractivity contribution is 6.31. The van der Waals surface area contributed by atoms with Gasteiger partial charge in [0.15, 0.2) is 5.82 Å². The van der Waals surface area contributed by atoms with E-state index >= 15 is 0 Å². The molecule has 1 heterocycles. The summed E-state index contributed by atoms with van der Waals surface area (Å²) in [6, 6.07) is 2.36. The molecule has 0 bridgehead atoms. The molecule has 2 rings (SSSR count). The molecule has 0 fully saturated rings. The molecule has 0 radical (unpaired) electrons. The second kappa shape index (κ2) is 5.87. The minimum absolute atomic E-state index is 0.00305. The lowest BCUT2D eigenvalue weighted by molar-refractivity contribution is 0.0954. The van der Waals surface area contributed by atoms with E-state index in [9.17, 15) is 9.18 Å². The van der Waals surface area contributed by atoms with Gasteiger partial charge in [-0.1, -0.05) is 16.8 Å². The molecule has 0 atom stereocenters. The van der Waals surface area contributed by atoms with Crippen molar-refractivity contribution >= 4 is 23.2 Å². The van der Waals surface area contributed by atoms with Gasteiger partial charge in [0.25, 0.3) is 5.91 Å². The number of nitrogens with two attached hydrogens (primary N) is 1. The van der Waals surface area contributed by atoms with Gasteiger partial charge >= 0.3 is 0 Å². The highest BCUT2D eigenvalue weighted by Crippen LogP contribution is 2.21.